The normalized spacial score (nSPS) is 9.81. The van der Waals surface area contributed by atoms with Crippen molar-refractivity contribution in [1.29, 1.82) is 0 Å². The molecule has 2 N–H and O–H groups in total. The maximum atomic E-state index is 11.0. The zero-order chi connectivity index (χ0) is 12.0. The van der Waals surface area contributed by atoms with Gasteiger partial charge < -0.3 is 15.1 Å². The minimum Gasteiger partial charge on any atom is -0.476 e. The zero-order valence-electron chi connectivity index (χ0n) is 8.83. The number of aromatic nitrogens is 1. The lowest BCUT2D eigenvalue weighted by Gasteiger charge is -2.23. The fourth-order valence-electron chi connectivity index (χ4n) is 1.40. The van der Waals surface area contributed by atoms with Crippen molar-refractivity contribution in [3.63, 3.8) is 0 Å². The minimum absolute atomic E-state index is 0.0159. The van der Waals surface area contributed by atoms with Crippen LogP contribution in [0.4, 0.5) is 5.69 Å². The minimum atomic E-state index is -1.08. The van der Waals surface area contributed by atoms with Crippen LogP contribution >= 0.6 is 0 Å². The van der Waals surface area contributed by atoms with Crippen LogP contribution in [0.3, 0.4) is 0 Å². The molecule has 0 aliphatic carbocycles. The average Bonchev–Trinajstić information content (AvgIpc) is 2.29. The van der Waals surface area contributed by atoms with Gasteiger partial charge in [-0.2, -0.15) is 0 Å². The molecule has 0 atom stereocenters. The third-order valence-corrected chi connectivity index (χ3v) is 2.05. The lowest BCUT2D eigenvalue weighted by Crippen LogP contribution is -2.28. The molecule has 0 amide bonds. The van der Waals surface area contributed by atoms with E-state index in [-0.39, 0.29) is 12.3 Å². The molecule has 0 saturated heterocycles. The summed E-state index contributed by atoms with van der Waals surface area (Å²) < 4.78 is 0. The number of nitrogens with zero attached hydrogens (tertiary/aromatic N) is 2. The van der Waals surface area contributed by atoms with Crippen LogP contribution in [0.15, 0.2) is 31.0 Å². The maximum absolute atomic E-state index is 11.0. The third kappa shape index (κ3) is 2.80. The number of hydrogen-bond acceptors (Lipinski definition) is 4. The molecule has 16 heavy (non-hydrogen) atoms. The highest BCUT2D eigenvalue weighted by molar-refractivity contribution is 5.92. The van der Waals surface area contributed by atoms with Crippen LogP contribution in [0.5, 0.6) is 0 Å². The van der Waals surface area contributed by atoms with Gasteiger partial charge >= 0.3 is 5.97 Å². The Morgan fingerprint density at radius 3 is 2.94 bits per heavy atom. The van der Waals surface area contributed by atoms with Gasteiger partial charge in [-0.3, -0.25) is 0 Å². The summed E-state index contributed by atoms with van der Waals surface area (Å²) in [6, 6.07) is 3.32. The highest BCUT2D eigenvalue weighted by Crippen LogP contribution is 2.17. The second kappa shape index (κ2) is 5.87. The summed E-state index contributed by atoms with van der Waals surface area (Å²) >= 11 is 0. The molecular formula is C11H14N2O3. The molecule has 0 aromatic carbocycles. The second-order valence-electron chi connectivity index (χ2n) is 3.13. The molecule has 0 aliphatic heterocycles. The largest absolute Gasteiger partial charge is 0.476 e. The first-order valence-corrected chi connectivity index (χ1v) is 4.85. The molecule has 0 radical (unpaired) electrons. The first-order valence-electron chi connectivity index (χ1n) is 4.85. The lowest BCUT2D eigenvalue weighted by molar-refractivity contribution is 0.0691. The van der Waals surface area contributed by atoms with Crippen LogP contribution in [-0.2, 0) is 0 Å². The molecule has 1 rings (SSSR count). The highest BCUT2D eigenvalue weighted by Gasteiger charge is 2.15. The monoisotopic (exact) mass is 222 g/mol. The average molecular weight is 222 g/mol. The van der Waals surface area contributed by atoms with Gasteiger partial charge in [0.2, 0.25) is 0 Å². The number of hydrogen-bond donors (Lipinski definition) is 2. The Hall–Kier alpha value is -1.88. The predicted molar refractivity (Wildman–Crippen MR) is 60.7 cm³/mol. The molecule has 0 aliphatic rings. The van der Waals surface area contributed by atoms with Crippen molar-refractivity contribution < 1.29 is 15.0 Å². The number of pyridine rings is 1. The van der Waals surface area contributed by atoms with Gasteiger partial charge in [-0.05, 0) is 12.1 Å². The van der Waals surface area contributed by atoms with Gasteiger partial charge in [0.1, 0.15) is 0 Å². The first kappa shape index (κ1) is 12.2. The topological polar surface area (TPSA) is 73.7 Å². The molecule has 1 aromatic rings. The first-order chi connectivity index (χ1) is 7.70. The number of rotatable bonds is 6. The van der Waals surface area contributed by atoms with Crippen LogP contribution in [0, 0.1) is 0 Å². The summed E-state index contributed by atoms with van der Waals surface area (Å²) in [5.41, 5.74) is 0.474. The SMILES string of the molecule is C=CCN(CCO)c1cccnc1C(=O)O. The molecule has 1 aromatic heterocycles. The summed E-state index contributed by atoms with van der Waals surface area (Å²) in [4.78, 5) is 16.5. The number of carbonyl (C=O) groups is 1. The standard InChI is InChI=1S/C11H14N2O3/c1-2-6-13(7-8-14)9-4-3-5-12-10(9)11(15)16/h2-5,14H,1,6-8H2,(H,15,16). The van der Waals surface area contributed by atoms with Crippen LogP contribution < -0.4 is 4.90 Å². The Morgan fingerprint density at radius 2 is 2.38 bits per heavy atom. The molecule has 86 valence electrons. The zero-order valence-corrected chi connectivity index (χ0v) is 8.83. The van der Waals surface area contributed by atoms with Crippen molar-refractivity contribution in [1.82, 2.24) is 4.98 Å². The molecule has 0 saturated carbocycles. The van der Waals surface area contributed by atoms with Gasteiger partial charge in [0, 0.05) is 19.3 Å². The van der Waals surface area contributed by atoms with Gasteiger partial charge in [-0.15, -0.1) is 6.58 Å². The summed E-state index contributed by atoms with van der Waals surface area (Å²) in [5, 5.41) is 17.9. The summed E-state index contributed by atoms with van der Waals surface area (Å²) in [6.45, 7) is 4.35. The molecule has 5 heteroatoms. The Bertz CT molecular complexity index is 379. The fourth-order valence-corrected chi connectivity index (χ4v) is 1.40. The van der Waals surface area contributed by atoms with E-state index in [1.165, 1.54) is 6.20 Å². The van der Waals surface area contributed by atoms with Gasteiger partial charge in [-0.25, -0.2) is 9.78 Å². The van der Waals surface area contributed by atoms with E-state index in [0.29, 0.717) is 18.8 Å². The summed E-state index contributed by atoms with van der Waals surface area (Å²) in [6.07, 6.45) is 3.08. The van der Waals surface area contributed by atoms with E-state index in [4.69, 9.17) is 10.2 Å². The molecule has 0 fully saturated rings. The van der Waals surface area contributed by atoms with Gasteiger partial charge in [-0.1, -0.05) is 6.08 Å². The lowest BCUT2D eigenvalue weighted by atomic mass is 10.2. The molecule has 0 unspecified atom stereocenters. The number of anilines is 1. The molecule has 0 spiro atoms. The third-order valence-electron chi connectivity index (χ3n) is 2.05. The van der Waals surface area contributed by atoms with Crippen LogP contribution in [-0.4, -0.2) is 40.9 Å². The Kier molecular flexibility index (Phi) is 4.47. The van der Waals surface area contributed by atoms with Crippen LogP contribution in [0.2, 0.25) is 0 Å². The van der Waals surface area contributed by atoms with Gasteiger partial charge in [0.15, 0.2) is 5.69 Å². The van der Waals surface area contributed by atoms with Crippen molar-refractivity contribution in [3.8, 4) is 0 Å². The van der Waals surface area contributed by atoms with E-state index in [1.54, 1.807) is 23.1 Å². The Labute approximate surface area is 93.7 Å². The van der Waals surface area contributed by atoms with E-state index < -0.39 is 5.97 Å². The van der Waals surface area contributed by atoms with E-state index in [2.05, 4.69) is 11.6 Å². The summed E-state index contributed by atoms with van der Waals surface area (Å²) in [7, 11) is 0. The number of aromatic carboxylic acids is 1. The Morgan fingerprint density at radius 1 is 1.62 bits per heavy atom. The second-order valence-corrected chi connectivity index (χ2v) is 3.13. The maximum Gasteiger partial charge on any atom is 0.356 e. The van der Waals surface area contributed by atoms with Crippen molar-refractivity contribution in [2.75, 3.05) is 24.6 Å². The van der Waals surface area contributed by atoms with Crippen LogP contribution in [0.25, 0.3) is 0 Å². The molecule has 1 heterocycles. The molecular weight excluding hydrogens is 208 g/mol. The fraction of sp³-hybridized carbons (Fsp3) is 0.273. The Balaban J connectivity index is 3.06. The van der Waals surface area contributed by atoms with Crippen molar-refractivity contribution in [3.05, 3.63) is 36.7 Å². The van der Waals surface area contributed by atoms with E-state index in [1.807, 2.05) is 0 Å². The quantitative estimate of drug-likeness (QED) is 0.695. The van der Waals surface area contributed by atoms with Crippen molar-refractivity contribution >= 4 is 11.7 Å². The number of aliphatic hydroxyl groups is 1. The number of carboxylic acid groups (broad SMARTS) is 1. The molecule has 0 bridgehead atoms. The van der Waals surface area contributed by atoms with E-state index in [9.17, 15) is 4.79 Å². The van der Waals surface area contributed by atoms with Gasteiger partial charge in [0.05, 0.1) is 12.3 Å². The highest BCUT2D eigenvalue weighted by atomic mass is 16.4. The van der Waals surface area contributed by atoms with Crippen LogP contribution in [0.1, 0.15) is 10.5 Å². The molecule has 5 nitrogen and oxygen atoms in total. The van der Waals surface area contributed by atoms with E-state index in [0.717, 1.165) is 0 Å². The predicted octanol–water partition coefficient (Wildman–Crippen LogP) is 0.764. The number of carboxylic acids is 1. The smallest absolute Gasteiger partial charge is 0.356 e. The van der Waals surface area contributed by atoms with Crippen molar-refractivity contribution in [2.24, 2.45) is 0 Å². The summed E-state index contributed by atoms with van der Waals surface area (Å²) in [5.74, 6) is -1.08. The van der Waals surface area contributed by atoms with Gasteiger partial charge in [0.25, 0.3) is 0 Å². The van der Waals surface area contributed by atoms with Crippen molar-refractivity contribution in [2.45, 2.75) is 0 Å². The number of aliphatic hydroxyl groups excluding tert-OH is 1. The van der Waals surface area contributed by atoms with E-state index >= 15 is 0 Å².